The minimum atomic E-state index is -0.217. The Morgan fingerprint density at radius 3 is 2.12 bits per heavy atom. The summed E-state index contributed by atoms with van der Waals surface area (Å²) in [7, 11) is 0. The maximum Gasteiger partial charge on any atom is 0.262 e. The van der Waals surface area contributed by atoms with Crippen LogP contribution in [0.4, 0.5) is 0 Å². The van der Waals surface area contributed by atoms with E-state index in [2.05, 4.69) is 0 Å². The molecule has 2 aliphatic rings. The van der Waals surface area contributed by atoms with Crippen LogP contribution in [0.1, 0.15) is 27.1 Å². The van der Waals surface area contributed by atoms with Gasteiger partial charge in [-0.25, -0.2) is 0 Å². The molecule has 0 fully saturated rings. The van der Waals surface area contributed by atoms with Crippen LogP contribution in [0.15, 0.2) is 36.4 Å². The van der Waals surface area contributed by atoms with Gasteiger partial charge in [0, 0.05) is 0 Å². The van der Waals surface area contributed by atoms with Gasteiger partial charge in [0.1, 0.15) is 0 Å². The fourth-order valence-corrected chi connectivity index (χ4v) is 2.60. The van der Waals surface area contributed by atoms with Gasteiger partial charge in [0.2, 0.25) is 0 Å². The van der Waals surface area contributed by atoms with Crippen molar-refractivity contribution in [3.8, 4) is 0 Å². The van der Waals surface area contributed by atoms with Crippen LogP contribution in [-0.4, -0.2) is 28.1 Å². The highest BCUT2D eigenvalue weighted by Gasteiger charge is 2.40. The Balaban J connectivity index is 1.98. The monoisotopic (exact) mass is 247 g/mol. The summed E-state index contributed by atoms with van der Waals surface area (Å²) in [5.41, 5.74) is 0.979. The van der Waals surface area contributed by atoms with Crippen LogP contribution in [0.2, 0.25) is 0 Å². The van der Waals surface area contributed by atoms with Crippen molar-refractivity contribution < 1.29 is 9.59 Å². The molecule has 2 atom stereocenters. The predicted molar refractivity (Wildman–Crippen MR) is 64.1 cm³/mol. The second kappa shape index (κ2) is 3.70. The molecule has 0 unspecified atom stereocenters. The van der Waals surface area contributed by atoms with E-state index in [9.17, 15) is 9.59 Å². The Hall–Kier alpha value is -1.61. The zero-order valence-corrected chi connectivity index (χ0v) is 9.72. The molecule has 3 nitrogen and oxygen atoms in total. The molecule has 1 heterocycles. The minimum absolute atomic E-state index is 0.0932. The van der Waals surface area contributed by atoms with E-state index in [4.69, 9.17) is 11.6 Å². The van der Waals surface area contributed by atoms with Crippen LogP contribution in [-0.2, 0) is 0 Å². The average Bonchev–Trinajstić information content (AvgIpc) is 2.84. The molecule has 0 radical (unpaired) electrons. The lowest BCUT2D eigenvalue weighted by molar-refractivity contribution is 0.0615. The first-order valence-corrected chi connectivity index (χ1v) is 5.91. The first kappa shape index (κ1) is 10.5. The van der Waals surface area contributed by atoms with Gasteiger partial charge in [0.25, 0.3) is 11.8 Å². The van der Waals surface area contributed by atoms with Crippen LogP contribution >= 0.6 is 11.6 Å². The number of fused-ring (bicyclic) bond motifs is 1. The minimum Gasteiger partial charge on any atom is -0.269 e. The maximum absolute atomic E-state index is 12.1. The molecule has 1 aliphatic heterocycles. The number of halogens is 1. The number of amides is 2. The van der Waals surface area contributed by atoms with Gasteiger partial charge in [0.05, 0.1) is 22.5 Å². The number of hydrogen-bond donors (Lipinski definition) is 0. The summed E-state index contributed by atoms with van der Waals surface area (Å²) in [6.07, 6.45) is 4.27. The van der Waals surface area contributed by atoms with Crippen molar-refractivity contribution in [2.45, 2.75) is 17.8 Å². The molecule has 0 aromatic heterocycles. The number of benzene rings is 1. The lowest BCUT2D eigenvalue weighted by Crippen LogP contribution is -2.38. The SMILES string of the molecule is O=C1c2ccccc2C(=O)N1[C@H]1C=C[C@H](Cl)C1. The third kappa shape index (κ3) is 1.50. The Labute approximate surface area is 104 Å². The molecule has 0 saturated carbocycles. The molecule has 0 N–H and O–H groups in total. The summed E-state index contributed by atoms with van der Waals surface area (Å²) in [5, 5.41) is -0.0932. The second-order valence-electron chi connectivity index (χ2n) is 4.23. The molecule has 1 aliphatic carbocycles. The largest absolute Gasteiger partial charge is 0.269 e. The third-order valence-electron chi connectivity index (χ3n) is 3.17. The highest BCUT2D eigenvalue weighted by atomic mass is 35.5. The summed E-state index contributed by atoms with van der Waals surface area (Å²) < 4.78 is 0. The standard InChI is InChI=1S/C13H10ClNO2/c14-8-5-6-9(7-8)15-12(16)10-3-1-2-4-11(10)13(15)17/h1-6,8-9H,7H2/t8-,9-/m0/s1. The summed E-state index contributed by atoms with van der Waals surface area (Å²) >= 11 is 5.96. The van der Waals surface area contributed by atoms with E-state index in [1.54, 1.807) is 24.3 Å². The lowest BCUT2D eigenvalue weighted by atomic mass is 10.1. The molecule has 4 heteroatoms. The Morgan fingerprint density at radius 2 is 1.65 bits per heavy atom. The molecule has 0 bridgehead atoms. The van der Waals surface area contributed by atoms with Crippen molar-refractivity contribution in [3.63, 3.8) is 0 Å². The van der Waals surface area contributed by atoms with Crippen molar-refractivity contribution in [2.24, 2.45) is 0 Å². The van der Waals surface area contributed by atoms with E-state index in [0.717, 1.165) is 0 Å². The van der Waals surface area contributed by atoms with Crippen molar-refractivity contribution in [2.75, 3.05) is 0 Å². The zero-order valence-electron chi connectivity index (χ0n) is 8.97. The van der Waals surface area contributed by atoms with Crippen molar-refractivity contribution >= 4 is 23.4 Å². The number of nitrogens with zero attached hydrogens (tertiary/aromatic N) is 1. The predicted octanol–water partition coefficient (Wildman–Crippen LogP) is 2.22. The average molecular weight is 248 g/mol. The van der Waals surface area contributed by atoms with Gasteiger partial charge >= 0.3 is 0 Å². The fourth-order valence-electron chi connectivity index (χ4n) is 2.34. The van der Waals surface area contributed by atoms with Gasteiger partial charge in [-0.15, -0.1) is 11.6 Å². The van der Waals surface area contributed by atoms with Gasteiger partial charge in [-0.1, -0.05) is 24.3 Å². The molecule has 3 rings (SSSR count). The zero-order chi connectivity index (χ0) is 12.0. The number of rotatable bonds is 1. The summed E-state index contributed by atoms with van der Waals surface area (Å²) in [6, 6.07) is 6.70. The third-order valence-corrected chi connectivity index (χ3v) is 3.49. The number of hydrogen-bond acceptors (Lipinski definition) is 2. The van der Waals surface area contributed by atoms with Crippen molar-refractivity contribution in [3.05, 3.63) is 47.5 Å². The number of allylic oxidation sites excluding steroid dienone is 1. The van der Waals surface area contributed by atoms with E-state index < -0.39 is 0 Å². The highest BCUT2D eigenvalue weighted by Crippen LogP contribution is 2.29. The topological polar surface area (TPSA) is 37.4 Å². The molecule has 1 aromatic rings. The molecule has 17 heavy (non-hydrogen) atoms. The van der Waals surface area contributed by atoms with Crippen LogP contribution in [0.5, 0.6) is 0 Å². The first-order valence-electron chi connectivity index (χ1n) is 5.48. The number of carbonyl (C=O) groups excluding carboxylic acids is 2. The van der Waals surface area contributed by atoms with E-state index in [-0.39, 0.29) is 23.2 Å². The highest BCUT2D eigenvalue weighted by molar-refractivity contribution is 6.23. The van der Waals surface area contributed by atoms with Gasteiger partial charge < -0.3 is 0 Å². The van der Waals surface area contributed by atoms with Crippen LogP contribution < -0.4 is 0 Å². The molecule has 2 amide bonds. The normalized spacial score (nSPS) is 26.8. The quantitative estimate of drug-likeness (QED) is 0.434. The first-order chi connectivity index (χ1) is 8.18. The lowest BCUT2D eigenvalue weighted by Gasteiger charge is -2.20. The molecule has 0 spiro atoms. The number of carbonyl (C=O) groups is 2. The Bertz CT molecular complexity index is 503. The maximum atomic E-state index is 12.1. The molecule has 1 aromatic carbocycles. The van der Waals surface area contributed by atoms with Crippen LogP contribution in [0, 0.1) is 0 Å². The van der Waals surface area contributed by atoms with Gasteiger partial charge in [-0.3, -0.25) is 14.5 Å². The van der Waals surface area contributed by atoms with Crippen molar-refractivity contribution in [1.29, 1.82) is 0 Å². The van der Waals surface area contributed by atoms with E-state index >= 15 is 0 Å². The molecule has 86 valence electrons. The van der Waals surface area contributed by atoms with Crippen LogP contribution in [0.25, 0.3) is 0 Å². The Morgan fingerprint density at radius 1 is 1.06 bits per heavy atom. The fraction of sp³-hybridized carbons (Fsp3) is 0.231. The summed E-state index contributed by atoms with van der Waals surface area (Å²) in [5.74, 6) is -0.433. The molecule has 0 saturated heterocycles. The van der Waals surface area contributed by atoms with E-state index in [0.29, 0.717) is 17.5 Å². The van der Waals surface area contributed by atoms with Gasteiger partial charge in [-0.2, -0.15) is 0 Å². The molecular formula is C13H10ClNO2. The van der Waals surface area contributed by atoms with Gasteiger partial charge in [-0.05, 0) is 18.6 Å². The van der Waals surface area contributed by atoms with E-state index in [1.807, 2.05) is 12.2 Å². The Kier molecular flexibility index (Phi) is 2.30. The number of alkyl halides is 1. The van der Waals surface area contributed by atoms with Crippen LogP contribution in [0.3, 0.4) is 0 Å². The van der Waals surface area contributed by atoms with E-state index in [1.165, 1.54) is 4.90 Å². The second-order valence-corrected chi connectivity index (χ2v) is 4.79. The van der Waals surface area contributed by atoms with Gasteiger partial charge in [0.15, 0.2) is 0 Å². The van der Waals surface area contributed by atoms with Crippen molar-refractivity contribution in [1.82, 2.24) is 4.90 Å². The number of imide groups is 1. The summed E-state index contributed by atoms with van der Waals surface area (Å²) in [6.45, 7) is 0. The molecular weight excluding hydrogens is 238 g/mol. The smallest absolute Gasteiger partial charge is 0.262 e. The summed E-state index contributed by atoms with van der Waals surface area (Å²) in [4.78, 5) is 25.6.